The van der Waals surface area contributed by atoms with Gasteiger partial charge in [0.1, 0.15) is 6.54 Å². The van der Waals surface area contributed by atoms with Gasteiger partial charge in [0, 0.05) is 18.8 Å². The molecule has 0 saturated carbocycles. The van der Waals surface area contributed by atoms with Crippen molar-refractivity contribution in [1.82, 2.24) is 9.88 Å². The zero-order valence-electron chi connectivity index (χ0n) is 12.6. The zero-order chi connectivity index (χ0) is 17.1. The van der Waals surface area contributed by atoms with Crippen molar-refractivity contribution in [3.05, 3.63) is 34.2 Å². The van der Waals surface area contributed by atoms with Crippen LogP contribution in [0.2, 0.25) is 0 Å². The predicted molar refractivity (Wildman–Crippen MR) is 74.2 cm³/mol. The molecule has 0 saturated heterocycles. The van der Waals surface area contributed by atoms with E-state index in [-0.39, 0.29) is 6.54 Å². The van der Waals surface area contributed by atoms with Crippen LogP contribution in [0.4, 0.5) is 13.2 Å². The number of hydrogen-bond acceptors (Lipinski definition) is 3. The van der Waals surface area contributed by atoms with Gasteiger partial charge in [-0.05, 0) is 11.5 Å². The van der Waals surface area contributed by atoms with Crippen molar-refractivity contribution in [2.75, 3.05) is 6.54 Å². The molecule has 0 aliphatic rings. The first kappa shape index (κ1) is 18.2. The number of carbonyl (C=O) groups is 1. The van der Waals surface area contributed by atoms with Gasteiger partial charge in [-0.15, -0.1) is 0 Å². The van der Waals surface area contributed by atoms with Crippen molar-refractivity contribution in [2.24, 2.45) is 5.41 Å². The number of aliphatic hydroxyl groups excluding tert-OH is 1. The third-order valence-corrected chi connectivity index (χ3v) is 3.12. The molecule has 1 aromatic heterocycles. The van der Waals surface area contributed by atoms with Gasteiger partial charge in [-0.2, -0.15) is 13.2 Å². The van der Waals surface area contributed by atoms with E-state index in [0.717, 1.165) is 6.07 Å². The maximum Gasteiger partial charge on any atom is 0.417 e. The molecule has 8 heteroatoms. The first-order valence-corrected chi connectivity index (χ1v) is 6.63. The third-order valence-electron chi connectivity index (χ3n) is 3.12. The second kappa shape index (κ2) is 6.51. The van der Waals surface area contributed by atoms with Gasteiger partial charge in [0.15, 0.2) is 0 Å². The summed E-state index contributed by atoms with van der Waals surface area (Å²) >= 11 is 0. The molecular weight excluding hydrogens is 301 g/mol. The predicted octanol–water partition coefficient (Wildman–Crippen LogP) is 1.39. The summed E-state index contributed by atoms with van der Waals surface area (Å²) in [6.07, 6.45) is -4.80. The molecule has 1 amide bonds. The Morgan fingerprint density at radius 2 is 1.91 bits per heavy atom. The van der Waals surface area contributed by atoms with Gasteiger partial charge in [0.2, 0.25) is 5.91 Å². The summed E-state index contributed by atoms with van der Waals surface area (Å²) in [4.78, 5) is 23.2. The molecule has 124 valence electrons. The lowest BCUT2D eigenvalue weighted by molar-refractivity contribution is -0.138. The number of hydrogen-bond donors (Lipinski definition) is 2. The minimum atomic E-state index is -4.59. The molecule has 0 aliphatic heterocycles. The highest BCUT2D eigenvalue weighted by Crippen LogP contribution is 2.27. The maximum atomic E-state index is 12.6. The number of pyridine rings is 1. The molecule has 1 aromatic rings. The number of aromatic nitrogens is 1. The van der Waals surface area contributed by atoms with E-state index < -0.39 is 41.3 Å². The van der Waals surface area contributed by atoms with Crippen LogP contribution in [-0.2, 0) is 17.5 Å². The van der Waals surface area contributed by atoms with E-state index in [1.54, 1.807) is 20.8 Å². The summed E-state index contributed by atoms with van der Waals surface area (Å²) in [5, 5.41) is 12.2. The molecule has 0 spiro atoms. The average Bonchev–Trinajstić information content (AvgIpc) is 2.36. The Kier molecular flexibility index (Phi) is 5.39. The minimum absolute atomic E-state index is 0.0456. The minimum Gasteiger partial charge on any atom is -0.391 e. The fourth-order valence-electron chi connectivity index (χ4n) is 1.55. The van der Waals surface area contributed by atoms with Crippen LogP contribution in [0.5, 0.6) is 0 Å². The Morgan fingerprint density at radius 1 is 1.32 bits per heavy atom. The van der Waals surface area contributed by atoms with E-state index in [4.69, 9.17) is 0 Å². The van der Waals surface area contributed by atoms with Gasteiger partial charge in [-0.25, -0.2) is 0 Å². The average molecular weight is 320 g/mol. The summed E-state index contributed by atoms with van der Waals surface area (Å²) in [6, 6.07) is 1.43. The molecule has 22 heavy (non-hydrogen) atoms. The summed E-state index contributed by atoms with van der Waals surface area (Å²) in [6.45, 7) is 4.75. The van der Waals surface area contributed by atoms with Gasteiger partial charge in [0.25, 0.3) is 5.56 Å². The van der Waals surface area contributed by atoms with E-state index in [0.29, 0.717) is 16.8 Å². The lowest BCUT2D eigenvalue weighted by Crippen LogP contribution is -2.41. The van der Waals surface area contributed by atoms with Crippen molar-refractivity contribution in [3.8, 4) is 0 Å². The molecule has 5 nitrogen and oxygen atoms in total. The second-order valence-electron chi connectivity index (χ2n) is 6.07. The number of amides is 1. The first-order chi connectivity index (χ1) is 9.91. The Labute approximate surface area is 125 Å². The van der Waals surface area contributed by atoms with E-state index in [2.05, 4.69) is 5.32 Å². The number of halogens is 3. The zero-order valence-corrected chi connectivity index (χ0v) is 12.6. The molecule has 0 radical (unpaired) electrons. The summed E-state index contributed by atoms with van der Waals surface area (Å²) < 4.78 is 38.4. The summed E-state index contributed by atoms with van der Waals surface area (Å²) in [5.74, 6) is -0.648. The van der Waals surface area contributed by atoms with Gasteiger partial charge in [0.05, 0.1) is 11.7 Å². The van der Waals surface area contributed by atoms with Crippen molar-refractivity contribution >= 4 is 5.91 Å². The van der Waals surface area contributed by atoms with E-state index in [1.807, 2.05) is 0 Å². The Bertz CT molecular complexity index is 588. The van der Waals surface area contributed by atoms with Gasteiger partial charge >= 0.3 is 6.18 Å². The molecule has 0 fully saturated rings. The van der Waals surface area contributed by atoms with Crippen LogP contribution in [0.1, 0.15) is 26.3 Å². The number of carbonyl (C=O) groups excluding carboxylic acids is 1. The van der Waals surface area contributed by atoms with Crippen LogP contribution in [0.15, 0.2) is 23.1 Å². The number of rotatable bonds is 4. The maximum absolute atomic E-state index is 12.6. The molecule has 0 aromatic carbocycles. The molecular formula is C14H19F3N2O3. The van der Waals surface area contributed by atoms with Crippen molar-refractivity contribution in [2.45, 2.75) is 39.6 Å². The SMILES string of the molecule is CC(C)(C)C(O)CNC(=O)Cn1cc(C(F)(F)F)ccc1=O. The normalized spacial score (nSPS) is 13.8. The van der Waals surface area contributed by atoms with Crippen molar-refractivity contribution in [3.63, 3.8) is 0 Å². The van der Waals surface area contributed by atoms with Crippen LogP contribution >= 0.6 is 0 Å². The third kappa shape index (κ3) is 5.18. The van der Waals surface area contributed by atoms with E-state index in [9.17, 15) is 27.9 Å². The largest absolute Gasteiger partial charge is 0.417 e. The highest BCUT2D eigenvalue weighted by atomic mass is 19.4. The Balaban J connectivity index is 2.75. The molecule has 2 N–H and O–H groups in total. The van der Waals surface area contributed by atoms with E-state index >= 15 is 0 Å². The Morgan fingerprint density at radius 3 is 2.41 bits per heavy atom. The van der Waals surface area contributed by atoms with Gasteiger partial charge in [-0.1, -0.05) is 20.8 Å². The molecule has 1 rings (SSSR count). The monoisotopic (exact) mass is 320 g/mol. The topological polar surface area (TPSA) is 71.3 Å². The lowest BCUT2D eigenvalue weighted by Gasteiger charge is -2.25. The number of nitrogens with zero attached hydrogens (tertiary/aromatic N) is 1. The fraction of sp³-hybridized carbons (Fsp3) is 0.571. The van der Waals surface area contributed by atoms with Crippen LogP contribution in [0, 0.1) is 5.41 Å². The van der Waals surface area contributed by atoms with Crippen LogP contribution in [-0.4, -0.2) is 28.2 Å². The van der Waals surface area contributed by atoms with Crippen LogP contribution in [0.3, 0.4) is 0 Å². The lowest BCUT2D eigenvalue weighted by atomic mass is 9.89. The highest BCUT2D eigenvalue weighted by Gasteiger charge is 2.31. The van der Waals surface area contributed by atoms with Gasteiger partial charge < -0.3 is 15.0 Å². The van der Waals surface area contributed by atoms with Crippen molar-refractivity contribution in [1.29, 1.82) is 0 Å². The van der Waals surface area contributed by atoms with Crippen LogP contribution < -0.4 is 10.9 Å². The highest BCUT2D eigenvalue weighted by molar-refractivity contribution is 5.75. The summed E-state index contributed by atoms with van der Waals surface area (Å²) in [5.41, 5.74) is -2.16. The second-order valence-corrected chi connectivity index (χ2v) is 6.07. The number of nitrogens with one attached hydrogen (secondary N) is 1. The molecule has 0 bridgehead atoms. The smallest absolute Gasteiger partial charge is 0.391 e. The molecule has 0 aliphatic carbocycles. The van der Waals surface area contributed by atoms with Crippen LogP contribution in [0.25, 0.3) is 0 Å². The fourth-order valence-corrected chi connectivity index (χ4v) is 1.55. The number of aliphatic hydroxyl groups is 1. The van der Waals surface area contributed by atoms with Crippen molar-refractivity contribution < 1.29 is 23.1 Å². The van der Waals surface area contributed by atoms with Gasteiger partial charge in [-0.3, -0.25) is 9.59 Å². The molecule has 1 unspecified atom stereocenters. The number of alkyl halides is 3. The summed E-state index contributed by atoms with van der Waals surface area (Å²) in [7, 11) is 0. The quantitative estimate of drug-likeness (QED) is 0.881. The van der Waals surface area contributed by atoms with E-state index in [1.165, 1.54) is 0 Å². The molecule has 1 heterocycles. The first-order valence-electron chi connectivity index (χ1n) is 6.63. The standard InChI is InChI=1S/C14H19F3N2O3/c1-13(2,3)10(20)6-18-11(21)8-19-7-9(14(15,16)17)4-5-12(19)22/h4-5,7,10,20H,6,8H2,1-3H3,(H,18,21). The molecule has 1 atom stereocenters. The Hall–Kier alpha value is -1.83.